The minimum atomic E-state index is -3.19. The van der Waals surface area contributed by atoms with E-state index in [2.05, 4.69) is 28.8 Å². The van der Waals surface area contributed by atoms with Crippen LogP contribution >= 0.6 is 0 Å². The molecule has 2 fully saturated rings. The van der Waals surface area contributed by atoms with Gasteiger partial charge >= 0.3 is 0 Å². The molecule has 1 aromatic carbocycles. The van der Waals surface area contributed by atoms with Crippen molar-refractivity contribution in [1.82, 2.24) is 4.72 Å². The molecular weight excluding hydrogens is 378 g/mol. The lowest BCUT2D eigenvalue weighted by Crippen LogP contribution is -2.45. The Hall–Kier alpha value is -1.64. The van der Waals surface area contributed by atoms with Crippen LogP contribution in [0.4, 0.5) is 11.4 Å². The van der Waals surface area contributed by atoms with E-state index in [-0.39, 0.29) is 30.1 Å². The third-order valence-electron chi connectivity index (χ3n) is 5.40. The number of nitrogens with one attached hydrogen (secondary N) is 2. The van der Waals surface area contributed by atoms with E-state index < -0.39 is 10.0 Å². The van der Waals surface area contributed by atoms with Crippen molar-refractivity contribution in [2.45, 2.75) is 57.8 Å². The van der Waals surface area contributed by atoms with E-state index in [1.807, 2.05) is 24.3 Å². The zero-order valence-electron chi connectivity index (χ0n) is 16.8. The summed E-state index contributed by atoms with van der Waals surface area (Å²) in [6, 6.07) is 7.89. The van der Waals surface area contributed by atoms with Gasteiger partial charge in [-0.1, -0.05) is 0 Å². The summed E-state index contributed by atoms with van der Waals surface area (Å²) in [6.45, 7) is 5.89. The molecule has 7 nitrogen and oxygen atoms in total. The number of carbonyl (C=O) groups is 1. The van der Waals surface area contributed by atoms with Gasteiger partial charge in [0.2, 0.25) is 15.9 Å². The molecule has 1 amide bonds. The van der Waals surface area contributed by atoms with E-state index in [0.717, 1.165) is 24.5 Å². The van der Waals surface area contributed by atoms with E-state index in [9.17, 15) is 13.2 Å². The summed E-state index contributed by atoms with van der Waals surface area (Å²) in [5.74, 6) is -0.0580. The van der Waals surface area contributed by atoms with Gasteiger partial charge in [0.05, 0.1) is 18.5 Å². The molecule has 28 heavy (non-hydrogen) atoms. The molecule has 2 unspecified atom stereocenters. The highest BCUT2D eigenvalue weighted by Gasteiger charge is 2.28. The van der Waals surface area contributed by atoms with Crippen molar-refractivity contribution >= 4 is 27.3 Å². The van der Waals surface area contributed by atoms with Crippen LogP contribution in [0.15, 0.2) is 24.3 Å². The van der Waals surface area contributed by atoms with Gasteiger partial charge in [0, 0.05) is 36.4 Å². The van der Waals surface area contributed by atoms with Gasteiger partial charge in [-0.15, -0.1) is 0 Å². The number of nitrogens with zero attached hydrogens (tertiary/aromatic N) is 1. The van der Waals surface area contributed by atoms with Gasteiger partial charge in [-0.05, 0) is 63.8 Å². The van der Waals surface area contributed by atoms with Crippen LogP contribution in [0.1, 0.15) is 39.5 Å². The molecule has 1 aliphatic carbocycles. The van der Waals surface area contributed by atoms with Gasteiger partial charge in [-0.2, -0.15) is 0 Å². The van der Waals surface area contributed by atoms with E-state index in [1.54, 1.807) is 0 Å². The lowest BCUT2D eigenvalue weighted by Gasteiger charge is -2.36. The maximum atomic E-state index is 12.6. The second-order valence-electron chi connectivity index (χ2n) is 8.14. The molecule has 0 aromatic heterocycles. The molecule has 0 spiro atoms. The summed E-state index contributed by atoms with van der Waals surface area (Å²) in [5, 5.41) is 3.00. The Balaban J connectivity index is 1.51. The first-order valence-corrected chi connectivity index (χ1v) is 11.9. The Kier molecular flexibility index (Phi) is 6.62. The second kappa shape index (κ2) is 8.80. The zero-order valence-corrected chi connectivity index (χ0v) is 17.7. The largest absolute Gasteiger partial charge is 0.372 e. The molecule has 3 rings (SSSR count). The van der Waals surface area contributed by atoms with Gasteiger partial charge in [0.1, 0.15) is 0 Å². The van der Waals surface area contributed by atoms with Crippen LogP contribution in [0, 0.1) is 5.92 Å². The number of rotatable bonds is 5. The Morgan fingerprint density at radius 3 is 2.14 bits per heavy atom. The highest BCUT2D eigenvalue weighted by atomic mass is 32.2. The molecule has 2 aliphatic rings. The number of morpholine rings is 1. The third kappa shape index (κ3) is 5.93. The minimum absolute atomic E-state index is 0.0131. The van der Waals surface area contributed by atoms with E-state index in [4.69, 9.17) is 4.74 Å². The number of hydrogen-bond acceptors (Lipinski definition) is 5. The average Bonchev–Trinajstić information content (AvgIpc) is 2.60. The molecule has 1 saturated carbocycles. The van der Waals surface area contributed by atoms with Crippen LogP contribution in [0.3, 0.4) is 0 Å². The first-order chi connectivity index (χ1) is 13.2. The molecule has 156 valence electrons. The van der Waals surface area contributed by atoms with E-state index in [0.29, 0.717) is 25.7 Å². The molecule has 8 heteroatoms. The number of benzene rings is 1. The van der Waals surface area contributed by atoms with Gasteiger partial charge in [-0.3, -0.25) is 4.79 Å². The number of hydrogen-bond donors (Lipinski definition) is 2. The molecule has 2 atom stereocenters. The maximum absolute atomic E-state index is 12.6. The normalized spacial score (nSPS) is 28.8. The molecule has 0 bridgehead atoms. The SMILES string of the molecule is CC1CN(c2ccc(NC(=O)C3CCC(NS(C)(=O)=O)CC3)cc2)CC(C)O1. The molecule has 1 aromatic rings. The number of carbonyl (C=O) groups excluding carboxylic acids is 1. The Bertz CT molecular complexity index is 763. The molecule has 0 radical (unpaired) electrons. The topological polar surface area (TPSA) is 87.7 Å². The van der Waals surface area contributed by atoms with Crippen molar-refractivity contribution < 1.29 is 17.9 Å². The fourth-order valence-corrected chi connectivity index (χ4v) is 5.01. The summed E-state index contributed by atoms with van der Waals surface area (Å²) in [4.78, 5) is 14.9. The number of ether oxygens (including phenoxy) is 1. The number of anilines is 2. The molecule has 1 aliphatic heterocycles. The van der Waals surface area contributed by atoms with Crippen LogP contribution in [-0.2, 0) is 19.6 Å². The van der Waals surface area contributed by atoms with Crippen molar-refractivity contribution in [3.63, 3.8) is 0 Å². The standard InChI is InChI=1S/C20H31N3O4S/c1-14-12-23(13-15(2)27-14)19-10-8-17(9-11-19)21-20(24)16-4-6-18(7-5-16)22-28(3,25)26/h8-11,14-16,18,22H,4-7,12-13H2,1-3H3,(H,21,24). The highest BCUT2D eigenvalue weighted by molar-refractivity contribution is 7.88. The summed E-state index contributed by atoms with van der Waals surface area (Å²) in [7, 11) is -3.19. The number of sulfonamides is 1. The minimum Gasteiger partial charge on any atom is -0.372 e. The van der Waals surface area contributed by atoms with Crippen LogP contribution in [-0.4, -0.2) is 51.9 Å². The first kappa shape index (κ1) is 21.1. The lowest BCUT2D eigenvalue weighted by atomic mass is 9.86. The van der Waals surface area contributed by atoms with Crippen LogP contribution in [0.5, 0.6) is 0 Å². The van der Waals surface area contributed by atoms with Gasteiger partial charge in [0.15, 0.2) is 0 Å². The number of amides is 1. The molecule has 1 saturated heterocycles. The Morgan fingerprint density at radius 1 is 1.04 bits per heavy atom. The summed E-state index contributed by atoms with van der Waals surface area (Å²) in [6.07, 6.45) is 4.36. The molecule has 2 N–H and O–H groups in total. The summed E-state index contributed by atoms with van der Waals surface area (Å²) < 4.78 is 31.1. The van der Waals surface area contributed by atoms with Crippen molar-refractivity contribution in [1.29, 1.82) is 0 Å². The summed E-state index contributed by atoms with van der Waals surface area (Å²) in [5.41, 5.74) is 1.92. The second-order valence-corrected chi connectivity index (χ2v) is 9.92. The van der Waals surface area contributed by atoms with Crippen molar-refractivity contribution in [3.05, 3.63) is 24.3 Å². The van der Waals surface area contributed by atoms with Gasteiger partial charge in [0.25, 0.3) is 0 Å². The Labute approximate surface area is 167 Å². The van der Waals surface area contributed by atoms with Crippen LogP contribution in [0.2, 0.25) is 0 Å². The highest BCUT2D eigenvalue weighted by Crippen LogP contribution is 2.27. The average molecular weight is 410 g/mol. The van der Waals surface area contributed by atoms with Crippen molar-refractivity contribution in [3.8, 4) is 0 Å². The Morgan fingerprint density at radius 2 is 1.61 bits per heavy atom. The summed E-state index contributed by atoms with van der Waals surface area (Å²) >= 11 is 0. The van der Waals surface area contributed by atoms with E-state index >= 15 is 0 Å². The van der Waals surface area contributed by atoms with Crippen LogP contribution < -0.4 is 14.9 Å². The first-order valence-electron chi connectivity index (χ1n) is 9.98. The third-order valence-corrected chi connectivity index (χ3v) is 6.16. The fourth-order valence-electron chi connectivity index (χ4n) is 4.16. The molecular formula is C20H31N3O4S. The van der Waals surface area contributed by atoms with Crippen molar-refractivity contribution in [2.24, 2.45) is 5.92 Å². The fraction of sp³-hybridized carbons (Fsp3) is 0.650. The monoisotopic (exact) mass is 409 g/mol. The zero-order chi connectivity index (χ0) is 20.3. The van der Waals surface area contributed by atoms with Crippen molar-refractivity contribution in [2.75, 3.05) is 29.6 Å². The van der Waals surface area contributed by atoms with Gasteiger partial charge < -0.3 is 15.0 Å². The predicted molar refractivity (Wildman–Crippen MR) is 111 cm³/mol. The van der Waals surface area contributed by atoms with Gasteiger partial charge in [-0.25, -0.2) is 13.1 Å². The lowest BCUT2D eigenvalue weighted by molar-refractivity contribution is -0.120. The van der Waals surface area contributed by atoms with E-state index in [1.165, 1.54) is 6.26 Å². The smallest absolute Gasteiger partial charge is 0.227 e. The molecule has 1 heterocycles. The van der Waals surface area contributed by atoms with Crippen LogP contribution in [0.25, 0.3) is 0 Å². The quantitative estimate of drug-likeness (QED) is 0.779. The predicted octanol–water partition coefficient (Wildman–Crippen LogP) is 2.35. The maximum Gasteiger partial charge on any atom is 0.227 e.